The Morgan fingerprint density at radius 2 is 2.04 bits per heavy atom. The van der Waals surface area contributed by atoms with Gasteiger partial charge in [-0.15, -0.1) is 0 Å². The monoisotopic (exact) mass is 310 g/mol. The summed E-state index contributed by atoms with van der Waals surface area (Å²) >= 11 is 0. The SMILES string of the molecule is CCCN1CCCC1C(=O)NCCc1cccc2ccccc12. The van der Waals surface area contributed by atoms with Crippen molar-refractivity contribution in [2.24, 2.45) is 0 Å². The number of hydrogen-bond donors (Lipinski definition) is 1. The number of hydrogen-bond acceptors (Lipinski definition) is 2. The molecule has 0 aromatic heterocycles. The molecule has 1 heterocycles. The first-order chi connectivity index (χ1) is 11.3. The molecule has 3 nitrogen and oxygen atoms in total. The number of nitrogens with one attached hydrogen (secondary N) is 1. The Hall–Kier alpha value is -1.87. The van der Waals surface area contributed by atoms with Crippen LogP contribution in [0, 0.1) is 0 Å². The van der Waals surface area contributed by atoms with Gasteiger partial charge in [0.2, 0.25) is 5.91 Å². The number of carbonyl (C=O) groups is 1. The summed E-state index contributed by atoms with van der Waals surface area (Å²) in [6.07, 6.45) is 4.13. The fourth-order valence-electron chi connectivity index (χ4n) is 3.63. The van der Waals surface area contributed by atoms with Gasteiger partial charge in [-0.05, 0) is 55.1 Å². The molecule has 3 rings (SSSR count). The third kappa shape index (κ3) is 3.73. The number of fused-ring (bicyclic) bond motifs is 1. The van der Waals surface area contributed by atoms with E-state index < -0.39 is 0 Å². The van der Waals surface area contributed by atoms with Gasteiger partial charge in [-0.3, -0.25) is 9.69 Å². The van der Waals surface area contributed by atoms with Crippen molar-refractivity contribution in [1.82, 2.24) is 10.2 Å². The van der Waals surface area contributed by atoms with E-state index in [2.05, 4.69) is 59.6 Å². The Morgan fingerprint density at radius 3 is 2.91 bits per heavy atom. The largest absolute Gasteiger partial charge is 0.354 e. The van der Waals surface area contributed by atoms with Gasteiger partial charge in [-0.25, -0.2) is 0 Å². The maximum Gasteiger partial charge on any atom is 0.237 e. The predicted molar refractivity (Wildman–Crippen MR) is 95.5 cm³/mol. The maximum absolute atomic E-state index is 12.4. The van der Waals surface area contributed by atoms with Crippen molar-refractivity contribution in [3.8, 4) is 0 Å². The molecule has 1 N–H and O–H groups in total. The quantitative estimate of drug-likeness (QED) is 0.887. The van der Waals surface area contributed by atoms with E-state index >= 15 is 0 Å². The minimum atomic E-state index is 0.0856. The molecule has 2 aromatic rings. The highest BCUT2D eigenvalue weighted by Crippen LogP contribution is 2.19. The first-order valence-corrected chi connectivity index (χ1v) is 8.78. The highest BCUT2D eigenvalue weighted by atomic mass is 16.2. The van der Waals surface area contributed by atoms with Crippen molar-refractivity contribution >= 4 is 16.7 Å². The molecular formula is C20H26N2O. The second-order valence-electron chi connectivity index (χ2n) is 6.37. The molecule has 1 saturated heterocycles. The lowest BCUT2D eigenvalue weighted by molar-refractivity contribution is -0.125. The average molecular weight is 310 g/mol. The van der Waals surface area contributed by atoms with Crippen LogP contribution in [0.15, 0.2) is 42.5 Å². The minimum Gasteiger partial charge on any atom is -0.354 e. The van der Waals surface area contributed by atoms with Gasteiger partial charge in [0.15, 0.2) is 0 Å². The zero-order valence-electron chi connectivity index (χ0n) is 13.9. The van der Waals surface area contributed by atoms with Crippen molar-refractivity contribution in [3.05, 3.63) is 48.0 Å². The number of carbonyl (C=O) groups excluding carboxylic acids is 1. The number of rotatable bonds is 6. The van der Waals surface area contributed by atoms with E-state index in [4.69, 9.17) is 0 Å². The lowest BCUT2D eigenvalue weighted by Crippen LogP contribution is -2.44. The molecule has 0 aliphatic carbocycles. The lowest BCUT2D eigenvalue weighted by Gasteiger charge is -2.23. The molecule has 1 amide bonds. The van der Waals surface area contributed by atoms with Gasteiger partial charge in [0.1, 0.15) is 0 Å². The summed E-state index contributed by atoms with van der Waals surface area (Å²) in [7, 11) is 0. The van der Waals surface area contributed by atoms with Gasteiger partial charge in [-0.1, -0.05) is 49.4 Å². The average Bonchev–Trinajstić information content (AvgIpc) is 3.04. The highest BCUT2D eigenvalue weighted by molar-refractivity contribution is 5.86. The summed E-state index contributed by atoms with van der Waals surface area (Å²) in [5.41, 5.74) is 1.31. The lowest BCUT2D eigenvalue weighted by atomic mass is 10.0. The fraction of sp³-hybridized carbons (Fsp3) is 0.450. The zero-order valence-corrected chi connectivity index (χ0v) is 13.9. The Balaban J connectivity index is 1.57. The first-order valence-electron chi connectivity index (χ1n) is 8.78. The van der Waals surface area contributed by atoms with E-state index in [1.54, 1.807) is 0 Å². The smallest absolute Gasteiger partial charge is 0.237 e. The Labute approximate surface area is 138 Å². The molecule has 0 radical (unpaired) electrons. The minimum absolute atomic E-state index is 0.0856. The third-order valence-corrected chi connectivity index (χ3v) is 4.75. The van der Waals surface area contributed by atoms with Crippen molar-refractivity contribution in [2.45, 2.75) is 38.6 Å². The van der Waals surface area contributed by atoms with Crippen LogP contribution in [0.2, 0.25) is 0 Å². The van der Waals surface area contributed by atoms with Crippen molar-refractivity contribution in [2.75, 3.05) is 19.6 Å². The van der Waals surface area contributed by atoms with Crippen LogP contribution in [0.25, 0.3) is 10.8 Å². The van der Waals surface area contributed by atoms with E-state index in [0.717, 1.165) is 38.8 Å². The summed E-state index contributed by atoms with van der Waals surface area (Å²) in [5, 5.41) is 5.70. The number of benzene rings is 2. The third-order valence-electron chi connectivity index (χ3n) is 4.75. The second-order valence-corrected chi connectivity index (χ2v) is 6.37. The topological polar surface area (TPSA) is 32.3 Å². The number of likely N-dealkylation sites (tertiary alicyclic amines) is 1. The van der Waals surface area contributed by atoms with Gasteiger partial charge >= 0.3 is 0 Å². The van der Waals surface area contributed by atoms with Crippen LogP contribution in [-0.4, -0.2) is 36.5 Å². The molecule has 1 unspecified atom stereocenters. The van der Waals surface area contributed by atoms with Gasteiger partial charge in [-0.2, -0.15) is 0 Å². The summed E-state index contributed by atoms with van der Waals surface area (Å²) < 4.78 is 0. The van der Waals surface area contributed by atoms with Crippen molar-refractivity contribution < 1.29 is 4.79 Å². The summed E-state index contributed by atoms with van der Waals surface area (Å²) in [6.45, 7) is 4.98. The van der Waals surface area contributed by atoms with E-state index in [1.165, 1.54) is 16.3 Å². The fourth-order valence-corrected chi connectivity index (χ4v) is 3.63. The van der Waals surface area contributed by atoms with Gasteiger partial charge in [0, 0.05) is 6.54 Å². The molecule has 3 heteroatoms. The van der Waals surface area contributed by atoms with E-state index in [1.807, 2.05) is 0 Å². The maximum atomic E-state index is 12.4. The summed E-state index contributed by atoms with van der Waals surface area (Å²) in [5.74, 6) is 0.205. The molecule has 23 heavy (non-hydrogen) atoms. The Kier molecular flexibility index (Phi) is 5.29. The normalized spacial score (nSPS) is 18.4. The zero-order chi connectivity index (χ0) is 16.1. The van der Waals surface area contributed by atoms with Crippen LogP contribution >= 0.6 is 0 Å². The first kappa shape index (κ1) is 16.0. The van der Waals surface area contributed by atoms with E-state index in [-0.39, 0.29) is 11.9 Å². The predicted octanol–water partition coefficient (Wildman–Crippen LogP) is 3.37. The standard InChI is InChI=1S/C20H26N2O/c1-2-14-22-15-6-11-19(22)20(23)21-13-12-17-9-5-8-16-7-3-4-10-18(16)17/h3-5,7-10,19H,2,6,11-15H2,1H3,(H,21,23). The molecular weight excluding hydrogens is 284 g/mol. The van der Waals surface area contributed by atoms with E-state index in [0.29, 0.717) is 6.54 Å². The Morgan fingerprint density at radius 1 is 1.22 bits per heavy atom. The van der Waals surface area contributed by atoms with Crippen LogP contribution in [0.5, 0.6) is 0 Å². The number of amides is 1. The molecule has 122 valence electrons. The number of nitrogens with zero attached hydrogens (tertiary/aromatic N) is 1. The summed E-state index contributed by atoms with van der Waals surface area (Å²) in [4.78, 5) is 14.8. The molecule has 1 aliphatic rings. The summed E-state index contributed by atoms with van der Waals surface area (Å²) in [6, 6.07) is 14.9. The molecule has 0 saturated carbocycles. The van der Waals surface area contributed by atoms with Gasteiger partial charge < -0.3 is 5.32 Å². The van der Waals surface area contributed by atoms with Crippen molar-refractivity contribution in [3.63, 3.8) is 0 Å². The molecule has 1 atom stereocenters. The Bertz CT molecular complexity index is 662. The molecule has 2 aromatic carbocycles. The highest BCUT2D eigenvalue weighted by Gasteiger charge is 2.29. The van der Waals surface area contributed by atoms with Crippen LogP contribution in [0.4, 0.5) is 0 Å². The molecule has 0 spiro atoms. The van der Waals surface area contributed by atoms with Crippen LogP contribution in [0.3, 0.4) is 0 Å². The van der Waals surface area contributed by atoms with Crippen LogP contribution < -0.4 is 5.32 Å². The van der Waals surface area contributed by atoms with Crippen molar-refractivity contribution in [1.29, 1.82) is 0 Å². The van der Waals surface area contributed by atoms with Gasteiger partial charge in [0.05, 0.1) is 6.04 Å². The van der Waals surface area contributed by atoms with Crippen LogP contribution in [0.1, 0.15) is 31.7 Å². The molecule has 1 fully saturated rings. The van der Waals surface area contributed by atoms with E-state index in [9.17, 15) is 4.79 Å². The second kappa shape index (κ2) is 7.60. The molecule has 0 bridgehead atoms. The molecule has 1 aliphatic heterocycles. The van der Waals surface area contributed by atoms with Gasteiger partial charge in [0.25, 0.3) is 0 Å². The van der Waals surface area contributed by atoms with Crippen LogP contribution in [-0.2, 0) is 11.2 Å².